The molecule has 1 amide bonds. The van der Waals surface area contributed by atoms with Gasteiger partial charge in [0.05, 0.1) is 5.69 Å². The van der Waals surface area contributed by atoms with Crippen LogP contribution in [0, 0.1) is 13.8 Å². The summed E-state index contributed by atoms with van der Waals surface area (Å²) in [7, 11) is 0. The van der Waals surface area contributed by atoms with Crippen molar-refractivity contribution in [2.45, 2.75) is 39.3 Å². The lowest BCUT2D eigenvalue weighted by atomic mass is 10.0. The van der Waals surface area contributed by atoms with Gasteiger partial charge in [0.15, 0.2) is 0 Å². The number of amides is 1. The van der Waals surface area contributed by atoms with Crippen molar-refractivity contribution < 1.29 is 9.32 Å². The van der Waals surface area contributed by atoms with Crippen LogP contribution in [0.3, 0.4) is 0 Å². The number of likely N-dealkylation sites (tertiary alicyclic amines) is 1. The predicted molar refractivity (Wildman–Crippen MR) is 86.1 cm³/mol. The molecule has 0 spiro atoms. The van der Waals surface area contributed by atoms with Gasteiger partial charge in [-0.25, -0.2) is 0 Å². The SMILES string of the molecule is Cc1noc(C)c1C(=O)NC1CCN(Cc2cccs2)CC1. The number of rotatable bonds is 4. The first kappa shape index (κ1) is 15.2. The summed E-state index contributed by atoms with van der Waals surface area (Å²) in [4.78, 5) is 16.2. The van der Waals surface area contributed by atoms with E-state index in [1.165, 1.54) is 4.88 Å². The molecule has 0 radical (unpaired) electrons. The first-order valence-electron chi connectivity index (χ1n) is 7.62. The van der Waals surface area contributed by atoms with Crippen molar-refractivity contribution in [1.29, 1.82) is 0 Å². The second kappa shape index (κ2) is 6.62. The summed E-state index contributed by atoms with van der Waals surface area (Å²) in [5, 5.41) is 9.08. The third-order valence-electron chi connectivity index (χ3n) is 4.14. The molecule has 1 fully saturated rings. The molecule has 2 aromatic rings. The Labute approximate surface area is 134 Å². The van der Waals surface area contributed by atoms with Gasteiger partial charge in [-0.05, 0) is 38.1 Å². The number of nitrogens with one attached hydrogen (secondary N) is 1. The highest BCUT2D eigenvalue weighted by molar-refractivity contribution is 7.09. The predicted octanol–water partition coefficient (Wildman–Crippen LogP) is 2.75. The minimum atomic E-state index is -0.0621. The van der Waals surface area contributed by atoms with Crippen LogP contribution in [0.15, 0.2) is 22.0 Å². The van der Waals surface area contributed by atoms with E-state index in [1.54, 1.807) is 25.2 Å². The van der Waals surface area contributed by atoms with Crippen molar-refractivity contribution in [3.63, 3.8) is 0 Å². The molecule has 3 rings (SSSR count). The number of carbonyl (C=O) groups excluding carboxylic acids is 1. The summed E-state index contributed by atoms with van der Waals surface area (Å²) in [6, 6.07) is 4.51. The molecule has 6 heteroatoms. The van der Waals surface area contributed by atoms with E-state index in [4.69, 9.17) is 4.52 Å². The van der Waals surface area contributed by atoms with Gasteiger partial charge in [-0.15, -0.1) is 11.3 Å². The Hall–Kier alpha value is -1.66. The quantitative estimate of drug-likeness (QED) is 0.941. The number of aromatic nitrogens is 1. The van der Waals surface area contributed by atoms with Gasteiger partial charge >= 0.3 is 0 Å². The fourth-order valence-corrected chi connectivity index (χ4v) is 3.67. The van der Waals surface area contributed by atoms with E-state index in [1.807, 2.05) is 0 Å². The molecule has 1 aliphatic rings. The number of thiophene rings is 1. The van der Waals surface area contributed by atoms with Gasteiger partial charge in [0.1, 0.15) is 11.3 Å². The zero-order chi connectivity index (χ0) is 15.5. The number of carbonyl (C=O) groups is 1. The highest BCUT2D eigenvalue weighted by Gasteiger charge is 2.24. The maximum atomic E-state index is 12.3. The molecule has 22 heavy (non-hydrogen) atoms. The van der Waals surface area contributed by atoms with E-state index in [0.29, 0.717) is 17.0 Å². The second-order valence-electron chi connectivity index (χ2n) is 5.80. The molecular weight excluding hydrogens is 298 g/mol. The summed E-state index contributed by atoms with van der Waals surface area (Å²) < 4.78 is 5.06. The lowest BCUT2D eigenvalue weighted by Crippen LogP contribution is -2.44. The van der Waals surface area contributed by atoms with Crippen molar-refractivity contribution in [2.75, 3.05) is 13.1 Å². The second-order valence-corrected chi connectivity index (χ2v) is 6.83. The molecule has 0 atom stereocenters. The van der Waals surface area contributed by atoms with Crippen molar-refractivity contribution in [1.82, 2.24) is 15.4 Å². The molecule has 0 aromatic carbocycles. The summed E-state index contributed by atoms with van der Waals surface area (Å²) in [5.41, 5.74) is 1.24. The number of nitrogens with zero attached hydrogens (tertiary/aromatic N) is 2. The van der Waals surface area contributed by atoms with Gasteiger partial charge in [0, 0.05) is 30.6 Å². The van der Waals surface area contributed by atoms with Crippen LogP contribution in [0.25, 0.3) is 0 Å². The Morgan fingerprint density at radius 3 is 2.82 bits per heavy atom. The molecular formula is C16H21N3O2S. The summed E-state index contributed by atoms with van der Waals surface area (Å²) in [6.07, 6.45) is 1.97. The number of piperidine rings is 1. The maximum absolute atomic E-state index is 12.3. The van der Waals surface area contributed by atoms with E-state index in [-0.39, 0.29) is 11.9 Å². The Morgan fingerprint density at radius 2 is 2.23 bits per heavy atom. The van der Waals surface area contributed by atoms with E-state index in [0.717, 1.165) is 32.5 Å². The van der Waals surface area contributed by atoms with E-state index >= 15 is 0 Å². The Bertz CT molecular complexity index is 608. The zero-order valence-electron chi connectivity index (χ0n) is 13.0. The Morgan fingerprint density at radius 1 is 1.45 bits per heavy atom. The van der Waals surface area contributed by atoms with Crippen LogP contribution >= 0.6 is 11.3 Å². The molecule has 5 nitrogen and oxygen atoms in total. The van der Waals surface area contributed by atoms with Crippen molar-refractivity contribution in [3.05, 3.63) is 39.4 Å². The third kappa shape index (κ3) is 3.39. The number of hydrogen-bond acceptors (Lipinski definition) is 5. The highest BCUT2D eigenvalue weighted by Crippen LogP contribution is 2.18. The smallest absolute Gasteiger partial charge is 0.257 e. The van der Waals surface area contributed by atoms with Gasteiger partial charge < -0.3 is 9.84 Å². The van der Waals surface area contributed by atoms with Crippen molar-refractivity contribution in [3.8, 4) is 0 Å². The van der Waals surface area contributed by atoms with Gasteiger partial charge in [0.25, 0.3) is 5.91 Å². The molecule has 1 aliphatic heterocycles. The van der Waals surface area contributed by atoms with Crippen LogP contribution in [-0.2, 0) is 6.54 Å². The minimum absolute atomic E-state index is 0.0621. The van der Waals surface area contributed by atoms with E-state index in [2.05, 4.69) is 32.9 Å². The molecule has 3 heterocycles. The lowest BCUT2D eigenvalue weighted by Gasteiger charge is -2.32. The molecule has 0 unspecified atom stereocenters. The summed E-state index contributed by atoms with van der Waals surface area (Å²) >= 11 is 1.80. The molecule has 1 N–H and O–H groups in total. The zero-order valence-corrected chi connectivity index (χ0v) is 13.8. The largest absolute Gasteiger partial charge is 0.361 e. The highest BCUT2D eigenvalue weighted by atomic mass is 32.1. The van der Waals surface area contributed by atoms with Crippen LogP contribution in [0.4, 0.5) is 0 Å². The van der Waals surface area contributed by atoms with Gasteiger partial charge in [0.2, 0.25) is 0 Å². The Kier molecular flexibility index (Phi) is 4.59. The topological polar surface area (TPSA) is 58.4 Å². The average Bonchev–Trinajstić information content (AvgIpc) is 3.11. The maximum Gasteiger partial charge on any atom is 0.257 e. The first-order chi connectivity index (χ1) is 10.6. The number of hydrogen-bond donors (Lipinski definition) is 1. The van der Waals surface area contributed by atoms with E-state index < -0.39 is 0 Å². The third-order valence-corrected chi connectivity index (χ3v) is 5.00. The van der Waals surface area contributed by atoms with Gasteiger partial charge in [-0.2, -0.15) is 0 Å². The van der Waals surface area contributed by atoms with Gasteiger partial charge in [-0.3, -0.25) is 9.69 Å². The minimum Gasteiger partial charge on any atom is -0.361 e. The van der Waals surface area contributed by atoms with Crippen LogP contribution in [0.5, 0.6) is 0 Å². The van der Waals surface area contributed by atoms with Crippen LogP contribution in [0.2, 0.25) is 0 Å². The molecule has 0 bridgehead atoms. The molecule has 2 aromatic heterocycles. The summed E-state index contributed by atoms with van der Waals surface area (Å²) in [6.45, 7) is 6.63. The van der Waals surface area contributed by atoms with E-state index in [9.17, 15) is 4.79 Å². The normalized spacial score (nSPS) is 16.8. The fourth-order valence-electron chi connectivity index (χ4n) is 2.92. The van der Waals surface area contributed by atoms with Crippen LogP contribution < -0.4 is 5.32 Å². The van der Waals surface area contributed by atoms with Crippen molar-refractivity contribution >= 4 is 17.2 Å². The first-order valence-corrected chi connectivity index (χ1v) is 8.50. The monoisotopic (exact) mass is 319 g/mol. The van der Waals surface area contributed by atoms with Crippen LogP contribution in [-0.4, -0.2) is 35.1 Å². The van der Waals surface area contributed by atoms with Crippen molar-refractivity contribution in [2.24, 2.45) is 0 Å². The molecule has 0 aliphatic carbocycles. The number of aryl methyl sites for hydroxylation is 2. The standard InChI is InChI=1S/C16H21N3O2S/c1-11-15(12(2)21-18-11)16(20)17-13-5-7-19(8-6-13)10-14-4-3-9-22-14/h3-4,9,13H,5-8,10H2,1-2H3,(H,17,20). The fraction of sp³-hybridized carbons (Fsp3) is 0.500. The Balaban J connectivity index is 1.50. The molecule has 0 saturated carbocycles. The lowest BCUT2D eigenvalue weighted by molar-refractivity contribution is 0.0907. The summed E-state index contributed by atoms with van der Waals surface area (Å²) in [5.74, 6) is 0.526. The molecule has 118 valence electrons. The van der Waals surface area contributed by atoms with Crippen LogP contribution in [0.1, 0.15) is 39.5 Å². The molecule has 1 saturated heterocycles. The average molecular weight is 319 g/mol. The van der Waals surface area contributed by atoms with Gasteiger partial charge in [-0.1, -0.05) is 11.2 Å².